The zero-order valence-corrected chi connectivity index (χ0v) is 11.5. The molecule has 4 heteroatoms. The number of hydrogen-bond donors (Lipinski definition) is 0. The number of hydrogen-bond acceptors (Lipinski definition) is 2. The van der Waals surface area contributed by atoms with Crippen LogP contribution in [-0.4, -0.2) is 25.6 Å². The highest BCUT2D eigenvalue weighted by Gasteiger charge is 2.19. The zero-order chi connectivity index (χ0) is 13.5. The van der Waals surface area contributed by atoms with Gasteiger partial charge in [0.1, 0.15) is 12.6 Å². The number of amides is 1. The Kier molecular flexibility index (Phi) is 5.89. The smallest absolute Gasteiger partial charge is 0.243 e. The van der Waals surface area contributed by atoms with E-state index in [-0.39, 0.29) is 18.5 Å². The van der Waals surface area contributed by atoms with Crippen molar-refractivity contribution in [1.29, 1.82) is 0 Å². The van der Waals surface area contributed by atoms with Crippen LogP contribution in [0.1, 0.15) is 18.1 Å². The Balaban J connectivity index is 3.32. The van der Waals surface area contributed by atoms with E-state index >= 15 is 0 Å². The summed E-state index contributed by atoms with van der Waals surface area (Å²) in [4.78, 5) is 13.5. The summed E-state index contributed by atoms with van der Waals surface area (Å²) in [7, 11) is 1.55. The largest absolute Gasteiger partial charge is 0.364 e. The number of anilines is 1. The van der Waals surface area contributed by atoms with E-state index in [0.717, 1.165) is 23.2 Å². The maximum atomic E-state index is 11.9. The molecule has 0 aliphatic carbocycles. The number of nitrogens with zero attached hydrogens (tertiary/aromatic N) is 1. The van der Waals surface area contributed by atoms with Crippen LogP contribution in [0.25, 0.3) is 6.08 Å². The Morgan fingerprint density at radius 3 is 2.78 bits per heavy atom. The lowest BCUT2D eigenvalue weighted by molar-refractivity contribution is -0.117. The van der Waals surface area contributed by atoms with Gasteiger partial charge in [0.25, 0.3) is 0 Å². The highest BCUT2D eigenvalue weighted by molar-refractivity contribution is 6.29. The van der Waals surface area contributed by atoms with Gasteiger partial charge in [0, 0.05) is 7.11 Å². The summed E-state index contributed by atoms with van der Waals surface area (Å²) in [5.41, 5.74) is 2.82. The van der Waals surface area contributed by atoms with Gasteiger partial charge < -0.3 is 4.74 Å². The minimum Gasteiger partial charge on any atom is -0.364 e. The van der Waals surface area contributed by atoms with Gasteiger partial charge in [-0.1, -0.05) is 37.8 Å². The number of ether oxygens (including phenoxy) is 1. The quantitative estimate of drug-likeness (QED) is 0.586. The molecule has 0 aliphatic heterocycles. The van der Waals surface area contributed by atoms with Gasteiger partial charge in [-0.3, -0.25) is 9.69 Å². The molecule has 0 saturated carbocycles. The Hall–Kier alpha value is -1.32. The third kappa shape index (κ3) is 3.12. The van der Waals surface area contributed by atoms with E-state index in [9.17, 15) is 4.79 Å². The van der Waals surface area contributed by atoms with Crippen LogP contribution >= 0.6 is 11.6 Å². The van der Waals surface area contributed by atoms with Crippen LogP contribution in [0.5, 0.6) is 0 Å². The van der Waals surface area contributed by atoms with Crippen molar-refractivity contribution in [3.05, 3.63) is 35.9 Å². The predicted octanol–water partition coefficient (Wildman–Crippen LogP) is 3.07. The first-order valence-electron chi connectivity index (χ1n) is 5.79. The molecule has 0 N–H and O–H groups in total. The van der Waals surface area contributed by atoms with Crippen LogP contribution in [-0.2, 0) is 16.0 Å². The first-order chi connectivity index (χ1) is 8.69. The van der Waals surface area contributed by atoms with Crippen molar-refractivity contribution in [2.24, 2.45) is 0 Å². The number of methoxy groups -OCH3 is 1. The maximum Gasteiger partial charge on any atom is 0.243 e. The van der Waals surface area contributed by atoms with Gasteiger partial charge in [-0.2, -0.15) is 0 Å². The van der Waals surface area contributed by atoms with Crippen LogP contribution in [0.3, 0.4) is 0 Å². The molecule has 0 aliphatic rings. The second-order valence-electron chi connectivity index (χ2n) is 3.79. The van der Waals surface area contributed by atoms with Gasteiger partial charge in [-0.05, 0) is 17.5 Å². The lowest BCUT2D eigenvalue weighted by Crippen LogP contribution is -2.35. The standard InChI is InChI=1S/C14H18ClNO2/c1-4-11-7-6-8-12(5-2)14(11)16(10-18-3)13(17)9-15/h4,6-8H,1,5,9-10H2,2-3H3. The second kappa shape index (κ2) is 7.19. The minimum absolute atomic E-state index is 0.0714. The van der Waals surface area contributed by atoms with E-state index in [1.807, 2.05) is 25.1 Å². The molecule has 0 atom stereocenters. The van der Waals surface area contributed by atoms with Crippen LogP contribution in [0.15, 0.2) is 24.8 Å². The highest BCUT2D eigenvalue weighted by Crippen LogP contribution is 2.27. The van der Waals surface area contributed by atoms with Crippen molar-refractivity contribution in [2.45, 2.75) is 13.3 Å². The molecule has 3 nitrogen and oxygen atoms in total. The van der Waals surface area contributed by atoms with E-state index in [1.165, 1.54) is 0 Å². The Morgan fingerprint density at radius 1 is 1.56 bits per heavy atom. The molecule has 0 saturated heterocycles. The van der Waals surface area contributed by atoms with Gasteiger partial charge in [0.05, 0.1) is 5.69 Å². The molecule has 0 unspecified atom stereocenters. The summed E-state index contributed by atoms with van der Waals surface area (Å²) in [5, 5.41) is 0. The summed E-state index contributed by atoms with van der Waals surface area (Å²) < 4.78 is 5.09. The summed E-state index contributed by atoms with van der Waals surface area (Å²) in [6.07, 6.45) is 2.56. The first-order valence-corrected chi connectivity index (χ1v) is 6.32. The van der Waals surface area contributed by atoms with Crippen LogP contribution in [0.4, 0.5) is 5.69 Å². The molecule has 1 aromatic carbocycles. The van der Waals surface area contributed by atoms with E-state index in [2.05, 4.69) is 6.58 Å². The third-order valence-electron chi connectivity index (χ3n) is 2.70. The number of alkyl halides is 1. The lowest BCUT2D eigenvalue weighted by Gasteiger charge is -2.25. The average Bonchev–Trinajstić information content (AvgIpc) is 2.43. The molecule has 0 heterocycles. The fourth-order valence-corrected chi connectivity index (χ4v) is 2.00. The van der Waals surface area contributed by atoms with Crippen LogP contribution in [0, 0.1) is 0 Å². The Bertz CT molecular complexity index is 432. The lowest BCUT2D eigenvalue weighted by atomic mass is 10.0. The molecular formula is C14H18ClNO2. The topological polar surface area (TPSA) is 29.5 Å². The van der Waals surface area contributed by atoms with Crippen molar-refractivity contribution < 1.29 is 9.53 Å². The van der Waals surface area contributed by atoms with Crippen molar-refractivity contribution >= 4 is 29.3 Å². The van der Waals surface area contributed by atoms with Crippen molar-refractivity contribution in [3.8, 4) is 0 Å². The first kappa shape index (κ1) is 14.7. The molecule has 1 aromatic rings. The molecule has 98 valence electrons. The van der Waals surface area contributed by atoms with Gasteiger partial charge >= 0.3 is 0 Å². The molecule has 0 bridgehead atoms. The summed E-state index contributed by atoms with van der Waals surface area (Å²) >= 11 is 5.65. The molecular weight excluding hydrogens is 250 g/mol. The molecule has 1 rings (SSSR count). The predicted molar refractivity (Wildman–Crippen MR) is 76.0 cm³/mol. The maximum absolute atomic E-state index is 11.9. The molecule has 0 fully saturated rings. The molecule has 0 aromatic heterocycles. The van der Waals surface area contributed by atoms with E-state index < -0.39 is 0 Å². The highest BCUT2D eigenvalue weighted by atomic mass is 35.5. The van der Waals surface area contributed by atoms with Gasteiger partial charge in [0.2, 0.25) is 5.91 Å². The molecule has 1 amide bonds. The number of rotatable bonds is 6. The number of para-hydroxylation sites is 1. The fraction of sp³-hybridized carbons (Fsp3) is 0.357. The van der Waals surface area contributed by atoms with E-state index in [4.69, 9.17) is 16.3 Å². The summed E-state index contributed by atoms with van der Waals surface area (Å²) in [5.74, 6) is -0.250. The molecule has 0 spiro atoms. The van der Waals surface area contributed by atoms with E-state index in [1.54, 1.807) is 18.1 Å². The normalized spacial score (nSPS) is 10.2. The van der Waals surface area contributed by atoms with Crippen molar-refractivity contribution in [3.63, 3.8) is 0 Å². The van der Waals surface area contributed by atoms with Crippen LogP contribution < -0.4 is 4.90 Å². The van der Waals surface area contributed by atoms with Crippen LogP contribution in [0.2, 0.25) is 0 Å². The SMILES string of the molecule is C=Cc1cccc(CC)c1N(COC)C(=O)CCl. The van der Waals surface area contributed by atoms with Crippen molar-refractivity contribution in [1.82, 2.24) is 0 Å². The number of benzene rings is 1. The van der Waals surface area contributed by atoms with E-state index in [0.29, 0.717) is 0 Å². The van der Waals surface area contributed by atoms with Crippen molar-refractivity contribution in [2.75, 3.05) is 24.6 Å². The number of aryl methyl sites for hydroxylation is 1. The number of carbonyl (C=O) groups is 1. The summed E-state index contributed by atoms with van der Waals surface area (Å²) in [6.45, 7) is 6.01. The van der Waals surface area contributed by atoms with Gasteiger partial charge in [-0.25, -0.2) is 0 Å². The van der Waals surface area contributed by atoms with Gasteiger partial charge in [-0.15, -0.1) is 11.6 Å². The third-order valence-corrected chi connectivity index (χ3v) is 2.92. The second-order valence-corrected chi connectivity index (χ2v) is 4.05. The molecule has 18 heavy (non-hydrogen) atoms. The van der Waals surface area contributed by atoms with Gasteiger partial charge in [0.15, 0.2) is 0 Å². The molecule has 0 radical (unpaired) electrons. The Labute approximate surface area is 113 Å². The minimum atomic E-state index is -0.178. The summed E-state index contributed by atoms with van der Waals surface area (Å²) in [6, 6.07) is 5.87. The number of halogens is 1. The zero-order valence-electron chi connectivity index (χ0n) is 10.8. The Morgan fingerprint density at radius 2 is 2.28 bits per heavy atom. The fourth-order valence-electron chi connectivity index (χ4n) is 1.85. The average molecular weight is 268 g/mol. The monoisotopic (exact) mass is 267 g/mol. The number of carbonyl (C=O) groups excluding carboxylic acids is 1.